The van der Waals surface area contributed by atoms with E-state index in [9.17, 15) is 9.59 Å². The Hall–Kier alpha value is -2.89. The van der Waals surface area contributed by atoms with Crippen molar-refractivity contribution in [1.82, 2.24) is 19.6 Å². The number of rotatable bonds is 4. The third kappa shape index (κ3) is 2.18. The first-order chi connectivity index (χ1) is 9.75. The highest BCUT2D eigenvalue weighted by Gasteiger charge is 2.18. The molecule has 0 amide bonds. The van der Waals surface area contributed by atoms with Crippen LogP contribution < -0.4 is 0 Å². The normalized spacial score (nSPS) is 10.6. The van der Waals surface area contributed by atoms with Crippen LogP contribution >= 0.6 is 0 Å². The van der Waals surface area contributed by atoms with E-state index in [0.717, 1.165) is 0 Å². The number of Topliss-reactive ketones (excluding diaryl/α,β-unsaturated/α-hetero) is 2. The number of pyridine rings is 1. The van der Waals surface area contributed by atoms with Gasteiger partial charge in [-0.15, -0.1) is 0 Å². The molecule has 0 spiro atoms. The second kappa shape index (κ2) is 5.00. The summed E-state index contributed by atoms with van der Waals surface area (Å²) in [4.78, 5) is 32.0. The van der Waals surface area contributed by atoms with Crippen molar-refractivity contribution in [2.24, 2.45) is 0 Å². The van der Waals surface area contributed by atoms with Gasteiger partial charge in [-0.1, -0.05) is 6.07 Å². The monoisotopic (exact) mass is 266 g/mol. The molecule has 0 radical (unpaired) electrons. The molecule has 0 unspecified atom stereocenters. The van der Waals surface area contributed by atoms with Crippen LogP contribution in [0, 0.1) is 0 Å². The van der Waals surface area contributed by atoms with Crippen LogP contribution in [0.25, 0.3) is 5.52 Å². The molecule has 0 aromatic carbocycles. The fourth-order valence-electron chi connectivity index (χ4n) is 1.91. The second-order valence-electron chi connectivity index (χ2n) is 4.20. The standard InChI is InChI=1S/C14H10N4O2/c19-13(7-14(20)11-3-1-2-4-16-11)10-8-17-18-6-5-15-9-12(10)18/h1-6,8-9H,7H2. The summed E-state index contributed by atoms with van der Waals surface area (Å²) in [5.41, 5.74) is 1.27. The molecule has 0 aliphatic carbocycles. The van der Waals surface area contributed by atoms with E-state index < -0.39 is 0 Å². The van der Waals surface area contributed by atoms with Crippen molar-refractivity contribution in [3.05, 3.63) is 60.4 Å². The van der Waals surface area contributed by atoms with Crippen LogP contribution in [0.5, 0.6) is 0 Å². The van der Waals surface area contributed by atoms with Crippen molar-refractivity contribution in [3.8, 4) is 0 Å². The van der Waals surface area contributed by atoms with Crippen LogP contribution in [0.3, 0.4) is 0 Å². The zero-order valence-corrected chi connectivity index (χ0v) is 10.4. The first-order valence-corrected chi connectivity index (χ1v) is 6.00. The molecule has 0 saturated heterocycles. The third-order valence-electron chi connectivity index (χ3n) is 2.90. The van der Waals surface area contributed by atoms with Gasteiger partial charge in [0, 0.05) is 18.6 Å². The van der Waals surface area contributed by atoms with Gasteiger partial charge in [0.1, 0.15) is 5.69 Å². The SMILES string of the molecule is O=C(CC(=O)c1cnn2ccncc12)c1ccccn1. The van der Waals surface area contributed by atoms with Crippen LogP contribution in [-0.4, -0.2) is 31.1 Å². The smallest absolute Gasteiger partial charge is 0.188 e. The summed E-state index contributed by atoms with van der Waals surface area (Å²) >= 11 is 0. The van der Waals surface area contributed by atoms with Crippen molar-refractivity contribution in [2.45, 2.75) is 6.42 Å². The topological polar surface area (TPSA) is 77.2 Å². The number of aromatic nitrogens is 4. The summed E-state index contributed by atoms with van der Waals surface area (Å²) in [6.45, 7) is 0. The summed E-state index contributed by atoms with van der Waals surface area (Å²) in [6.07, 6.45) is 7.51. The Balaban J connectivity index is 1.85. The van der Waals surface area contributed by atoms with E-state index in [1.54, 1.807) is 41.3 Å². The molecule has 0 fully saturated rings. The fourth-order valence-corrected chi connectivity index (χ4v) is 1.91. The minimum atomic E-state index is -0.307. The number of hydrogen-bond acceptors (Lipinski definition) is 5. The molecule has 3 rings (SSSR count). The number of fused-ring (bicyclic) bond motifs is 1. The Kier molecular flexibility index (Phi) is 3.04. The van der Waals surface area contributed by atoms with Gasteiger partial charge in [-0.05, 0) is 12.1 Å². The maximum atomic E-state index is 12.2. The van der Waals surface area contributed by atoms with E-state index in [4.69, 9.17) is 0 Å². The second-order valence-corrected chi connectivity index (χ2v) is 4.20. The highest BCUT2D eigenvalue weighted by atomic mass is 16.1. The van der Waals surface area contributed by atoms with Crippen molar-refractivity contribution in [3.63, 3.8) is 0 Å². The highest BCUT2D eigenvalue weighted by Crippen LogP contribution is 2.12. The van der Waals surface area contributed by atoms with E-state index in [2.05, 4.69) is 15.1 Å². The quantitative estimate of drug-likeness (QED) is 0.529. The van der Waals surface area contributed by atoms with Crippen molar-refractivity contribution in [2.75, 3.05) is 0 Å². The maximum Gasteiger partial charge on any atom is 0.188 e. The minimum absolute atomic E-state index is 0.229. The number of nitrogens with zero attached hydrogens (tertiary/aromatic N) is 4. The van der Waals surface area contributed by atoms with Gasteiger partial charge >= 0.3 is 0 Å². The van der Waals surface area contributed by atoms with Gasteiger partial charge in [-0.3, -0.25) is 19.6 Å². The van der Waals surface area contributed by atoms with Crippen LogP contribution in [0.1, 0.15) is 27.3 Å². The Labute approximate surface area is 114 Å². The number of ketones is 2. The predicted octanol–water partition coefficient (Wildman–Crippen LogP) is 1.58. The lowest BCUT2D eigenvalue weighted by Crippen LogP contribution is -2.09. The molecule has 0 N–H and O–H groups in total. The van der Waals surface area contributed by atoms with Crippen molar-refractivity contribution < 1.29 is 9.59 Å². The zero-order valence-electron chi connectivity index (χ0n) is 10.4. The largest absolute Gasteiger partial charge is 0.294 e. The Morgan fingerprint density at radius 2 is 2.00 bits per heavy atom. The molecule has 0 atom stereocenters. The molecule has 98 valence electrons. The zero-order chi connectivity index (χ0) is 13.9. The number of carbonyl (C=O) groups excluding carboxylic acids is 2. The molecule has 0 saturated carbocycles. The van der Waals surface area contributed by atoms with Gasteiger partial charge in [0.05, 0.1) is 29.9 Å². The average Bonchev–Trinajstić information content (AvgIpc) is 2.92. The van der Waals surface area contributed by atoms with Gasteiger partial charge in [-0.25, -0.2) is 4.52 Å². The van der Waals surface area contributed by atoms with Gasteiger partial charge in [0.15, 0.2) is 11.6 Å². The number of carbonyl (C=O) groups is 2. The lowest BCUT2D eigenvalue weighted by atomic mass is 10.1. The molecule has 6 nitrogen and oxygen atoms in total. The first-order valence-electron chi connectivity index (χ1n) is 6.00. The molecular weight excluding hydrogens is 256 g/mol. The summed E-state index contributed by atoms with van der Waals surface area (Å²) in [5, 5.41) is 4.05. The highest BCUT2D eigenvalue weighted by molar-refractivity contribution is 6.15. The maximum absolute atomic E-state index is 12.2. The molecule has 0 bridgehead atoms. The lowest BCUT2D eigenvalue weighted by Gasteiger charge is -1.99. The fraction of sp³-hybridized carbons (Fsp3) is 0.0714. The van der Waals surface area contributed by atoms with Crippen LogP contribution in [0.15, 0.2) is 49.2 Å². The van der Waals surface area contributed by atoms with E-state index >= 15 is 0 Å². The molecule has 3 heterocycles. The molecular formula is C14H10N4O2. The Morgan fingerprint density at radius 1 is 1.10 bits per heavy atom. The first kappa shape index (κ1) is 12.2. The average molecular weight is 266 g/mol. The third-order valence-corrected chi connectivity index (χ3v) is 2.90. The van der Waals surface area contributed by atoms with Gasteiger partial charge in [0.2, 0.25) is 0 Å². The van der Waals surface area contributed by atoms with Crippen LogP contribution in [0.2, 0.25) is 0 Å². The Bertz CT molecular complexity index is 780. The molecule has 3 aromatic rings. The van der Waals surface area contributed by atoms with Gasteiger partial charge in [0.25, 0.3) is 0 Å². The van der Waals surface area contributed by atoms with Crippen LogP contribution in [-0.2, 0) is 0 Å². The Morgan fingerprint density at radius 3 is 2.80 bits per heavy atom. The predicted molar refractivity (Wildman–Crippen MR) is 70.5 cm³/mol. The molecule has 0 aliphatic heterocycles. The summed E-state index contributed by atoms with van der Waals surface area (Å²) in [7, 11) is 0. The molecule has 0 aliphatic rings. The van der Waals surface area contributed by atoms with E-state index in [1.165, 1.54) is 12.4 Å². The number of hydrogen-bond donors (Lipinski definition) is 0. The van der Waals surface area contributed by atoms with Crippen molar-refractivity contribution >= 4 is 17.1 Å². The lowest BCUT2D eigenvalue weighted by molar-refractivity contribution is 0.0892. The van der Waals surface area contributed by atoms with E-state index in [1.807, 2.05) is 0 Å². The minimum Gasteiger partial charge on any atom is -0.294 e. The molecule has 20 heavy (non-hydrogen) atoms. The van der Waals surface area contributed by atoms with E-state index in [0.29, 0.717) is 11.1 Å². The van der Waals surface area contributed by atoms with Crippen molar-refractivity contribution in [1.29, 1.82) is 0 Å². The van der Waals surface area contributed by atoms with Gasteiger partial charge in [-0.2, -0.15) is 5.10 Å². The summed E-state index contributed by atoms with van der Waals surface area (Å²) in [5.74, 6) is -0.595. The van der Waals surface area contributed by atoms with Crippen LogP contribution in [0.4, 0.5) is 0 Å². The summed E-state index contributed by atoms with van der Waals surface area (Å²) < 4.78 is 1.55. The molecule has 6 heteroatoms. The summed E-state index contributed by atoms with van der Waals surface area (Å²) in [6, 6.07) is 5.02. The van der Waals surface area contributed by atoms with Gasteiger partial charge < -0.3 is 0 Å². The molecule has 3 aromatic heterocycles. The van der Waals surface area contributed by atoms with E-state index in [-0.39, 0.29) is 23.7 Å².